The molecule has 0 aliphatic carbocycles. The molecule has 2 aliphatic rings. The summed E-state index contributed by atoms with van der Waals surface area (Å²) in [6.07, 6.45) is 18.9. The van der Waals surface area contributed by atoms with E-state index in [4.69, 9.17) is 9.47 Å². The van der Waals surface area contributed by atoms with E-state index in [0.717, 1.165) is 44.4 Å². The second-order valence-electron chi connectivity index (χ2n) is 17.5. The van der Waals surface area contributed by atoms with E-state index in [9.17, 15) is 38.7 Å². The van der Waals surface area contributed by atoms with Crippen molar-refractivity contribution in [1.29, 1.82) is 0 Å². The summed E-state index contributed by atoms with van der Waals surface area (Å²) in [4.78, 5) is 0. The first-order chi connectivity index (χ1) is 26.3. The van der Waals surface area contributed by atoms with Gasteiger partial charge >= 0.3 is 6.18 Å². The summed E-state index contributed by atoms with van der Waals surface area (Å²) >= 11 is 0. The third kappa shape index (κ3) is 22.1. The molecule has 2 saturated heterocycles. The SMILES string of the molecule is CCCCCCCCCCCCCCC[C@@H](O)[C@H](COC1OC(CO)C(O)C(O)C1O)NC(CCCCCCCCCCC1CCS(C)(C)CC1)C(F)(F)F. The summed E-state index contributed by atoms with van der Waals surface area (Å²) in [6, 6.07) is -2.96. The number of aliphatic hydroxyl groups is 5. The first-order valence-corrected chi connectivity index (χ1v) is 25.2. The number of nitrogens with one attached hydrogen (secondary N) is 1. The molecule has 0 aromatic heterocycles. The van der Waals surface area contributed by atoms with Crippen molar-refractivity contribution in [2.75, 3.05) is 37.2 Å². The summed E-state index contributed by atoms with van der Waals surface area (Å²) in [5.74, 6) is 3.73. The van der Waals surface area contributed by atoms with Gasteiger partial charge in [-0.1, -0.05) is 148 Å². The quantitative estimate of drug-likeness (QED) is 0.0372. The highest BCUT2D eigenvalue weighted by molar-refractivity contribution is 8.32. The molecule has 8 nitrogen and oxygen atoms in total. The van der Waals surface area contributed by atoms with E-state index in [1.807, 2.05) is 0 Å². The van der Waals surface area contributed by atoms with Crippen LogP contribution in [0.4, 0.5) is 13.2 Å². The minimum atomic E-state index is -4.54. The fourth-order valence-electron chi connectivity index (χ4n) is 8.19. The first-order valence-electron chi connectivity index (χ1n) is 22.4. The summed E-state index contributed by atoms with van der Waals surface area (Å²) in [5.41, 5.74) is 0. The van der Waals surface area contributed by atoms with Crippen molar-refractivity contribution < 1.29 is 48.2 Å². The van der Waals surface area contributed by atoms with Gasteiger partial charge in [-0.3, -0.25) is 5.32 Å². The Morgan fingerprint density at radius 2 is 1.16 bits per heavy atom. The Morgan fingerprint density at radius 1 is 0.691 bits per heavy atom. The number of hydrogen-bond donors (Lipinski definition) is 6. The third-order valence-corrected chi connectivity index (χ3v) is 14.9. The maximum Gasteiger partial charge on any atom is 0.403 e. The molecule has 0 radical (unpaired) electrons. The molecular weight excluding hydrogens is 732 g/mol. The van der Waals surface area contributed by atoms with Gasteiger partial charge in [0, 0.05) is 0 Å². The zero-order valence-corrected chi connectivity index (χ0v) is 35.8. The fraction of sp³-hybridized carbons (Fsp3) is 1.00. The molecule has 0 aromatic rings. The summed E-state index contributed by atoms with van der Waals surface area (Å²) in [5, 5.41) is 54.1. The van der Waals surface area contributed by atoms with Crippen LogP contribution in [0.5, 0.6) is 0 Å². The zero-order valence-electron chi connectivity index (χ0n) is 35.0. The molecule has 330 valence electrons. The number of halogens is 3. The lowest BCUT2D eigenvalue weighted by molar-refractivity contribution is -0.303. The Hall–Kier alpha value is -0.180. The highest BCUT2D eigenvalue weighted by atomic mass is 32.3. The highest BCUT2D eigenvalue weighted by Crippen LogP contribution is 2.47. The molecular formula is C43H84F3NO7S. The Labute approximate surface area is 334 Å². The minimum Gasteiger partial charge on any atom is -0.394 e. The average molecular weight is 816 g/mol. The van der Waals surface area contributed by atoms with Gasteiger partial charge in [-0.2, -0.15) is 13.2 Å². The van der Waals surface area contributed by atoms with Crippen molar-refractivity contribution in [3.8, 4) is 0 Å². The normalized spacial score (nSPS) is 25.8. The van der Waals surface area contributed by atoms with Crippen LogP contribution in [0, 0.1) is 5.92 Å². The Bertz CT molecular complexity index is 923. The van der Waals surface area contributed by atoms with Gasteiger partial charge in [0.25, 0.3) is 0 Å². The highest BCUT2D eigenvalue weighted by Gasteiger charge is 2.45. The summed E-state index contributed by atoms with van der Waals surface area (Å²) in [6.45, 7) is 1.16. The van der Waals surface area contributed by atoms with E-state index in [2.05, 4.69) is 24.8 Å². The van der Waals surface area contributed by atoms with E-state index in [-0.39, 0.29) is 22.9 Å². The largest absolute Gasteiger partial charge is 0.403 e. The van der Waals surface area contributed by atoms with Crippen molar-refractivity contribution in [1.82, 2.24) is 5.32 Å². The second-order valence-corrected chi connectivity index (χ2v) is 21.9. The van der Waals surface area contributed by atoms with E-state index in [1.54, 1.807) is 0 Å². The van der Waals surface area contributed by atoms with Gasteiger partial charge in [0.15, 0.2) is 6.29 Å². The molecule has 2 heterocycles. The topological polar surface area (TPSA) is 132 Å². The van der Waals surface area contributed by atoms with Crippen molar-refractivity contribution in [3.05, 3.63) is 0 Å². The lowest BCUT2D eigenvalue weighted by Gasteiger charge is -2.40. The number of rotatable bonds is 32. The fourth-order valence-corrected chi connectivity index (χ4v) is 10.3. The van der Waals surface area contributed by atoms with Crippen LogP contribution in [0.3, 0.4) is 0 Å². The van der Waals surface area contributed by atoms with Crippen LogP contribution in [0.2, 0.25) is 0 Å². The van der Waals surface area contributed by atoms with Crippen LogP contribution < -0.4 is 5.32 Å². The standard InChI is InChI=1S/C43H84F3NO7S/c1-4-5-6-7-8-9-10-11-12-13-17-20-23-26-36(49)35(33-53-42-41(52)40(51)39(50)37(32-48)54-42)47-38(43(44,45)46)27-24-21-18-15-14-16-19-22-25-34-28-30-55(2,3)31-29-34/h34-42,47-52H,4-33H2,1-3H3/t35-,36+,37?,38?,39?,40?,41?,42?/m0/s1. The van der Waals surface area contributed by atoms with Gasteiger partial charge in [-0.25, -0.2) is 10.0 Å². The van der Waals surface area contributed by atoms with Crippen LogP contribution in [0.25, 0.3) is 0 Å². The maximum absolute atomic E-state index is 14.3. The Morgan fingerprint density at radius 3 is 1.65 bits per heavy atom. The number of hydrogen-bond acceptors (Lipinski definition) is 8. The van der Waals surface area contributed by atoms with Crippen LogP contribution in [-0.4, -0.2) is 118 Å². The molecule has 2 rings (SSSR count). The molecule has 2 aliphatic heterocycles. The molecule has 0 bridgehead atoms. The smallest absolute Gasteiger partial charge is 0.394 e. The number of aliphatic hydroxyl groups excluding tert-OH is 5. The zero-order chi connectivity index (χ0) is 40.5. The van der Waals surface area contributed by atoms with E-state index < -0.39 is 68.3 Å². The summed E-state index contributed by atoms with van der Waals surface area (Å²) < 4.78 is 54.1. The molecule has 6 unspecified atom stereocenters. The third-order valence-electron chi connectivity index (χ3n) is 12.2. The van der Waals surface area contributed by atoms with Crippen molar-refractivity contribution in [2.45, 2.75) is 229 Å². The number of unbranched alkanes of at least 4 members (excludes halogenated alkanes) is 19. The Kier molecular flexibility index (Phi) is 27.0. The van der Waals surface area contributed by atoms with Gasteiger partial charge in [0.1, 0.15) is 30.5 Å². The molecule has 2 fully saturated rings. The van der Waals surface area contributed by atoms with Gasteiger partial charge in [-0.15, -0.1) is 0 Å². The predicted octanol–water partition coefficient (Wildman–Crippen LogP) is 8.91. The van der Waals surface area contributed by atoms with E-state index in [1.165, 1.54) is 108 Å². The molecule has 12 heteroatoms. The molecule has 0 aromatic carbocycles. The Balaban J connectivity index is 1.78. The van der Waals surface area contributed by atoms with Crippen LogP contribution in [0.15, 0.2) is 0 Å². The molecule has 6 N–H and O–H groups in total. The van der Waals surface area contributed by atoms with E-state index >= 15 is 0 Å². The molecule has 55 heavy (non-hydrogen) atoms. The van der Waals surface area contributed by atoms with Gasteiger partial charge in [-0.05, 0) is 55.6 Å². The van der Waals surface area contributed by atoms with Crippen LogP contribution >= 0.6 is 10.0 Å². The van der Waals surface area contributed by atoms with Crippen LogP contribution in [0.1, 0.15) is 174 Å². The van der Waals surface area contributed by atoms with Crippen molar-refractivity contribution >= 4 is 10.0 Å². The van der Waals surface area contributed by atoms with Crippen molar-refractivity contribution in [2.24, 2.45) is 5.92 Å². The molecule has 0 amide bonds. The first kappa shape index (κ1) is 51.0. The van der Waals surface area contributed by atoms with Crippen LogP contribution in [-0.2, 0) is 9.47 Å². The van der Waals surface area contributed by atoms with Crippen molar-refractivity contribution in [3.63, 3.8) is 0 Å². The monoisotopic (exact) mass is 816 g/mol. The van der Waals surface area contributed by atoms with E-state index in [0.29, 0.717) is 19.3 Å². The minimum absolute atomic E-state index is 0.120. The number of ether oxygens (including phenoxy) is 2. The predicted molar refractivity (Wildman–Crippen MR) is 221 cm³/mol. The average Bonchev–Trinajstić information content (AvgIpc) is 3.14. The molecule has 8 atom stereocenters. The molecule has 0 saturated carbocycles. The summed E-state index contributed by atoms with van der Waals surface area (Å²) in [7, 11) is -0.334. The number of alkyl halides is 3. The van der Waals surface area contributed by atoms with Gasteiger partial charge < -0.3 is 35.0 Å². The molecule has 0 spiro atoms. The maximum atomic E-state index is 14.3. The lowest BCUT2D eigenvalue weighted by atomic mass is 9.95. The van der Waals surface area contributed by atoms with Gasteiger partial charge in [0.05, 0.1) is 25.4 Å². The lowest BCUT2D eigenvalue weighted by Crippen LogP contribution is -2.60. The second kappa shape index (κ2) is 29.1. The van der Waals surface area contributed by atoms with Gasteiger partial charge in [0.2, 0.25) is 0 Å².